The van der Waals surface area contributed by atoms with Crippen molar-refractivity contribution in [2.45, 2.75) is 12.3 Å². The Kier molecular flexibility index (Phi) is 8.62. The summed E-state index contributed by atoms with van der Waals surface area (Å²) < 4.78 is 45.4. The van der Waals surface area contributed by atoms with E-state index in [1.165, 1.54) is 49.8 Å². The second-order valence-corrected chi connectivity index (χ2v) is 6.28. The number of hydrogen-bond donors (Lipinski definition) is 0. The van der Waals surface area contributed by atoms with Gasteiger partial charge < -0.3 is 32.8 Å². The van der Waals surface area contributed by atoms with Gasteiger partial charge >= 0.3 is 20.4 Å². The van der Waals surface area contributed by atoms with E-state index in [0.717, 1.165) is 0 Å². The first-order chi connectivity index (χ1) is 9.34. The Hall–Kier alpha value is 0.147. The van der Waals surface area contributed by atoms with Gasteiger partial charge in [-0.1, -0.05) is 11.1 Å². The maximum atomic E-state index is 6.16. The summed E-state index contributed by atoms with van der Waals surface area (Å²) in [5.74, 6) is 0. The van der Waals surface area contributed by atoms with E-state index in [9.17, 15) is 0 Å². The fraction of sp³-hybridized carbons (Fsp3) is 1.00. The molecule has 0 unspecified atom stereocenters. The van der Waals surface area contributed by atoms with Gasteiger partial charge in [0, 0.05) is 49.8 Å². The highest BCUT2D eigenvalue weighted by Gasteiger charge is 2.56. The topological polar surface area (TPSA) is 83.1 Å². The molecule has 0 bridgehead atoms. The van der Waals surface area contributed by atoms with E-state index >= 15 is 0 Å². The molecule has 0 radical (unpaired) electrons. The third kappa shape index (κ3) is 4.86. The van der Waals surface area contributed by atoms with Crippen LogP contribution in [0.4, 0.5) is 0 Å². The van der Waals surface area contributed by atoms with Crippen LogP contribution in [-0.4, -0.2) is 70.2 Å². The molecule has 0 aromatic heterocycles. The van der Waals surface area contributed by atoms with E-state index in [-0.39, 0.29) is 0 Å². The number of ether oxygens (including phenoxy) is 6. The predicted octanol–water partition coefficient (Wildman–Crippen LogP) is 0.441. The van der Waals surface area contributed by atoms with E-state index < -0.39 is 20.4 Å². The molecule has 0 spiro atoms. The highest BCUT2D eigenvalue weighted by atomic mass is 35.6. The van der Waals surface area contributed by atoms with Crippen LogP contribution in [0.15, 0.2) is 0 Å². The van der Waals surface area contributed by atoms with E-state index in [2.05, 4.69) is 0 Å². The third-order valence-electron chi connectivity index (χ3n) is 2.24. The average molecular weight is 337 g/mol. The Morgan fingerprint density at radius 2 is 0.850 bits per heavy atom. The lowest BCUT2D eigenvalue weighted by molar-refractivity contribution is -0.483. The van der Waals surface area contributed by atoms with Gasteiger partial charge in [-0.3, -0.25) is 8.85 Å². The number of rotatable bonds is 11. The monoisotopic (exact) mass is 336 g/mol. The van der Waals surface area contributed by atoms with Gasteiger partial charge in [0.2, 0.25) is 0 Å². The van der Waals surface area contributed by atoms with Crippen LogP contribution >= 0.6 is 11.1 Å². The van der Waals surface area contributed by atoms with Crippen LogP contribution in [0.25, 0.3) is 0 Å². The van der Waals surface area contributed by atoms with Gasteiger partial charge in [-0.15, -0.1) is 0 Å². The SMILES string of the molecule is COC(OC)(OC)O[Si](Cl)(OC)OC(OC)(OC)OC. The van der Waals surface area contributed by atoms with Crippen LogP contribution in [0.5, 0.6) is 0 Å². The summed E-state index contributed by atoms with van der Waals surface area (Å²) >= 11 is 6.16. The zero-order valence-corrected chi connectivity index (χ0v) is 14.3. The molecule has 0 N–H and O–H groups in total. The van der Waals surface area contributed by atoms with Crippen molar-refractivity contribution in [1.29, 1.82) is 0 Å². The lowest BCUT2D eigenvalue weighted by Gasteiger charge is -2.37. The van der Waals surface area contributed by atoms with Crippen LogP contribution < -0.4 is 0 Å². The van der Waals surface area contributed by atoms with Crippen molar-refractivity contribution in [1.82, 2.24) is 0 Å². The molecule has 11 heteroatoms. The van der Waals surface area contributed by atoms with Crippen molar-refractivity contribution in [3.8, 4) is 0 Å². The fourth-order valence-electron chi connectivity index (χ4n) is 1.15. The first kappa shape index (κ1) is 20.1. The van der Waals surface area contributed by atoms with Crippen molar-refractivity contribution in [2.24, 2.45) is 0 Å². The molecular weight excluding hydrogens is 316 g/mol. The maximum Gasteiger partial charge on any atom is 0.624 e. The minimum Gasteiger partial charge on any atom is -0.365 e. The molecule has 0 heterocycles. The Balaban J connectivity index is 5.19. The van der Waals surface area contributed by atoms with Crippen molar-refractivity contribution in [2.75, 3.05) is 49.8 Å². The van der Waals surface area contributed by atoms with Crippen molar-refractivity contribution in [3.05, 3.63) is 0 Å². The van der Waals surface area contributed by atoms with Crippen LogP contribution in [0.3, 0.4) is 0 Å². The standard InChI is InChI=1S/C9H21ClO9Si/c1-11-8(12-2,13-3)18-20(10,17-7)19-9(14-4,15-5)16-6/h1-7H3. The fourth-order valence-corrected chi connectivity index (χ4v) is 3.03. The Bertz CT molecular complexity index is 234. The molecule has 0 aliphatic carbocycles. The minimum absolute atomic E-state index is 1.26. The van der Waals surface area contributed by atoms with Crippen molar-refractivity contribution < 1.29 is 41.7 Å². The van der Waals surface area contributed by atoms with Crippen LogP contribution in [0, 0.1) is 0 Å². The normalized spacial score (nSPS) is 13.8. The Morgan fingerprint density at radius 1 is 0.600 bits per heavy atom. The van der Waals surface area contributed by atoms with Crippen LogP contribution in [-0.2, 0) is 41.7 Å². The van der Waals surface area contributed by atoms with E-state index in [4.69, 9.17) is 52.8 Å². The smallest absolute Gasteiger partial charge is 0.365 e. The number of halogens is 1. The molecule has 0 aliphatic rings. The zero-order valence-electron chi connectivity index (χ0n) is 12.6. The summed E-state index contributed by atoms with van der Waals surface area (Å²) in [5.41, 5.74) is 0. The maximum absolute atomic E-state index is 6.16. The molecule has 0 aliphatic heterocycles. The highest BCUT2D eigenvalue weighted by Crippen LogP contribution is 2.30. The van der Waals surface area contributed by atoms with Gasteiger partial charge in [0.05, 0.1) is 0 Å². The van der Waals surface area contributed by atoms with Crippen molar-refractivity contribution >= 4 is 19.2 Å². The number of hydrogen-bond acceptors (Lipinski definition) is 9. The molecule has 122 valence electrons. The summed E-state index contributed by atoms with van der Waals surface area (Å²) in [5, 5.41) is 0. The quantitative estimate of drug-likeness (QED) is 0.303. The average Bonchev–Trinajstić information content (AvgIpc) is 2.51. The molecule has 9 nitrogen and oxygen atoms in total. The largest absolute Gasteiger partial charge is 0.624 e. The molecule has 0 aromatic rings. The Morgan fingerprint density at radius 3 is 1.00 bits per heavy atom. The second kappa shape index (κ2) is 8.56. The summed E-state index contributed by atoms with van der Waals surface area (Å²) in [4.78, 5) is 0. The summed E-state index contributed by atoms with van der Waals surface area (Å²) in [6, 6.07) is 0. The molecule has 0 amide bonds. The molecular formula is C9H21ClO9Si. The Labute approximate surface area is 123 Å². The minimum atomic E-state index is -3.90. The van der Waals surface area contributed by atoms with Gasteiger partial charge in [0.1, 0.15) is 0 Å². The molecule has 0 atom stereocenters. The molecule has 0 fully saturated rings. The first-order valence-electron chi connectivity index (χ1n) is 5.29. The zero-order chi connectivity index (χ0) is 15.9. The summed E-state index contributed by atoms with van der Waals surface area (Å²) in [6.07, 6.45) is -3.82. The first-order valence-corrected chi connectivity index (χ1v) is 8.03. The van der Waals surface area contributed by atoms with Crippen molar-refractivity contribution in [3.63, 3.8) is 0 Å². The lowest BCUT2D eigenvalue weighted by Crippen LogP contribution is -2.57. The van der Waals surface area contributed by atoms with E-state index in [1.54, 1.807) is 0 Å². The van der Waals surface area contributed by atoms with Gasteiger partial charge in [-0.25, -0.2) is 0 Å². The molecule has 0 saturated heterocycles. The highest BCUT2D eigenvalue weighted by molar-refractivity contribution is 7.09. The number of methoxy groups -OCH3 is 6. The lowest BCUT2D eigenvalue weighted by atomic mass is 11.0. The van der Waals surface area contributed by atoms with Gasteiger partial charge in [0.25, 0.3) is 0 Å². The molecule has 20 heavy (non-hydrogen) atoms. The van der Waals surface area contributed by atoms with Gasteiger partial charge in [0.15, 0.2) is 0 Å². The van der Waals surface area contributed by atoms with E-state index in [0.29, 0.717) is 0 Å². The summed E-state index contributed by atoms with van der Waals surface area (Å²) in [7, 11) is 5.06. The molecule has 0 aromatic carbocycles. The summed E-state index contributed by atoms with van der Waals surface area (Å²) in [6.45, 7) is 0. The van der Waals surface area contributed by atoms with Gasteiger partial charge in [-0.05, 0) is 0 Å². The van der Waals surface area contributed by atoms with Crippen LogP contribution in [0.2, 0.25) is 0 Å². The van der Waals surface area contributed by atoms with Gasteiger partial charge in [-0.2, -0.15) is 0 Å². The molecule has 0 rings (SSSR count). The van der Waals surface area contributed by atoms with Crippen LogP contribution in [0.1, 0.15) is 0 Å². The predicted molar refractivity (Wildman–Crippen MR) is 68.3 cm³/mol. The second-order valence-electron chi connectivity index (χ2n) is 3.11. The third-order valence-corrected chi connectivity index (χ3v) is 4.64. The molecule has 0 saturated carbocycles. The van der Waals surface area contributed by atoms with E-state index in [1.807, 2.05) is 0 Å².